The minimum absolute atomic E-state index is 0.698. The Kier molecular flexibility index (Phi) is 4.88. The van der Waals surface area contributed by atoms with E-state index in [9.17, 15) is 0 Å². The van der Waals surface area contributed by atoms with Gasteiger partial charge in [-0.15, -0.1) is 0 Å². The van der Waals surface area contributed by atoms with E-state index in [1.54, 1.807) is 0 Å². The lowest BCUT2D eigenvalue weighted by Crippen LogP contribution is -2.38. The van der Waals surface area contributed by atoms with Gasteiger partial charge in [-0.05, 0) is 51.1 Å². The van der Waals surface area contributed by atoms with Crippen molar-refractivity contribution in [1.29, 1.82) is 0 Å². The Labute approximate surface area is 133 Å². The molecule has 4 nitrogen and oxygen atoms in total. The van der Waals surface area contributed by atoms with Crippen LogP contribution in [-0.2, 0) is 13.0 Å². The zero-order chi connectivity index (χ0) is 15.4. The summed E-state index contributed by atoms with van der Waals surface area (Å²) in [6.07, 6.45) is 3.75. The zero-order valence-electron chi connectivity index (χ0n) is 13.7. The Morgan fingerprint density at radius 1 is 1.18 bits per heavy atom. The van der Waals surface area contributed by atoms with Crippen LogP contribution in [0, 0.1) is 19.8 Å². The molecule has 2 aromatic rings. The van der Waals surface area contributed by atoms with Gasteiger partial charge in [0.2, 0.25) is 0 Å². The molecule has 0 saturated carbocycles. The molecule has 1 aromatic heterocycles. The third-order valence-electron chi connectivity index (χ3n) is 4.56. The highest BCUT2D eigenvalue weighted by Crippen LogP contribution is 2.19. The van der Waals surface area contributed by atoms with E-state index in [-0.39, 0.29) is 0 Å². The maximum atomic E-state index is 4.51. The van der Waals surface area contributed by atoms with Crippen LogP contribution in [0.3, 0.4) is 0 Å². The first kappa shape index (κ1) is 15.2. The maximum Gasteiger partial charge on any atom is 0.147 e. The SMILES string of the molecule is Cc1nc(C)n(C[C@H]2CCCN(CCc3ccccc3)C2)n1. The number of hydrogen-bond donors (Lipinski definition) is 0. The fraction of sp³-hybridized carbons (Fsp3) is 0.556. The van der Waals surface area contributed by atoms with Crippen molar-refractivity contribution in [1.82, 2.24) is 19.7 Å². The molecule has 1 atom stereocenters. The van der Waals surface area contributed by atoms with Gasteiger partial charge in [-0.2, -0.15) is 5.10 Å². The van der Waals surface area contributed by atoms with Crippen LogP contribution >= 0.6 is 0 Å². The van der Waals surface area contributed by atoms with E-state index >= 15 is 0 Å². The Bertz CT molecular complexity index is 590. The van der Waals surface area contributed by atoms with E-state index in [1.165, 1.54) is 31.5 Å². The van der Waals surface area contributed by atoms with Gasteiger partial charge < -0.3 is 4.90 Å². The summed E-state index contributed by atoms with van der Waals surface area (Å²) in [7, 11) is 0. The van der Waals surface area contributed by atoms with Crippen molar-refractivity contribution in [3.05, 3.63) is 47.5 Å². The molecule has 1 aliphatic heterocycles. The highest BCUT2D eigenvalue weighted by molar-refractivity contribution is 5.14. The van der Waals surface area contributed by atoms with Crippen molar-refractivity contribution < 1.29 is 0 Å². The predicted molar refractivity (Wildman–Crippen MR) is 88.8 cm³/mol. The first-order valence-electron chi connectivity index (χ1n) is 8.35. The minimum Gasteiger partial charge on any atom is -0.303 e. The topological polar surface area (TPSA) is 34.0 Å². The molecule has 1 saturated heterocycles. The number of hydrogen-bond acceptors (Lipinski definition) is 3. The van der Waals surface area contributed by atoms with Crippen molar-refractivity contribution in [2.45, 2.75) is 39.7 Å². The molecule has 1 aromatic carbocycles. The molecule has 1 aliphatic rings. The molecule has 1 fully saturated rings. The Hall–Kier alpha value is -1.68. The van der Waals surface area contributed by atoms with Crippen LogP contribution in [0.4, 0.5) is 0 Å². The number of nitrogens with zero attached hydrogens (tertiary/aromatic N) is 4. The van der Waals surface area contributed by atoms with Gasteiger partial charge in [-0.25, -0.2) is 9.67 Å². The third-order valence-corrected chi connectivity index (χ3v) is 4.56. The monoisotopic (exact) mass is 298 g/mol. The molecular formula is C18H26N4. The lowest BCUT2D eigenvalue weighted by molar-refractivity contribution is 0.161. The van der Waals surface area contributed by atoms with Crippen molar-refractivity contribution >= 4 is 0 Å². The second-order valence-corrected chi connectivity index (χ2v) is 6.43. The van der Waals surface area contributed by atoms with Gasteiger partial charge >= 0.3 is 0 Å². The normalized spacial score (nSPS) is 19.5. The number of piperidine rings is 1. The quantitative estimate of drug-likeness (QED) is 0.851. The van der Waals surface area contributed by atoms with E-state index in [1.807, 2.05) is 6.92 Å². The van der Waals surface area contributed by atoms with Gasteiger partial charge in [0, 0.05) is 19.6 Å². The second kappa shape index (κ2) is 7.05. The number of benzene rings is 1. The molecule has 0 aliphatic carbocycles. The maximum absolute atomic E-state index is 4.51. The lowest BCUT2D eigenvalue weighted by Gasteiger charge is -2.32. The van der Waals surface area contributed by atoms with E-state index in [4.69, 9.17) is 0 Å². The lowest BCUT2D eigenvalue weighted by atomic mass is 9.97. The van der Waals surface area contributed by atoms with Crippen LogP contribution in [0.25, 0.3) is 0 Å². The van der Waals surface area contributed by atoms with Gasteiger partial charge in [-0.1, -0.05) is 30.3 Å². The van der Waals surface area contributed by atoms with Crippen LogP contribution in [-0.4, -0.2) is 39.3 Å². The first-order valence-corrected chi connectivity index (χ1v) is 8.35. The van der Waals surface area contributed by atoms with Gasteiger partial charge in [0.05, 0.1) is 0 Å². The number of likely N-dealkylation sites (tertiary alicyclic amines) is 1. The largest absolute Gasteiger partial charge is 0.303 e. The number of aryl methyl sites for hydroxylation is 2. The summed E-state index contributed by atoms with van der Waals surface area (Å²) in [5.74, 6) is 2.62. The summed E-state index contributed by atoms with van der Waals surface area (Å²) < 4.78 is 2.08. The zero-order valence-corrected chi connectivity index (χ0v) is 13.7. The third kappa shape index (κ3) is 3.95. The molecule has 3 rings (SSSR count). The summed E-state index contributed by atoms with van der Waals surface area (Å²) in [6, 6.07) is 10.8. The fourth-order valence-corrected chi connectivity index (χ4v) is 3.41. The Balaban J connectivity index is 1.52. The van der Waals surface area contributed by atoms with Gasteiger partial charge in [0.25, 0.3) is 0 Å². The van der Waals surface area contributed by atoms with E-state index in [0.717, 1.165) is 31.2 Å². The van der Waals surface area contributed by atoms with Gasteiger partial charge in [-0.3, -0.25) is 0 Å². The molecule has 0 unspecified atom stereocenters. The van der Waals surface area contributed by atoms with Crippen molar-refractivity contribution in [3.63, 3.8) is 0 Å². The predicted octanol–water partition coefficient (Wildman–Crippen LogP) is 2.85. The van der Waals surface area contributed by atoms with E-state index in [0.29, 0.717) is 5.92 Å². The Morgan fingerprint density at radius 3 is 2.73 bits per heavy atom. The van der Waals surface area contributed by atoms with Crippen molar-refractivity contribution in [2.24, 2.45) is 5.92 Å². The van der Waals surface area contributed by atoms with E-state index in [2.05, 4.69) is 56.9 Å². The summed E-state index contributed by atoms with van der Waals surface area (Å²) in [4.78, 5) is 7.02. The average molecular weight is 298 g/mol. The van der Waals surface area contributed by atoms with Crippen LogP contribution in [0.15, 0.2) is 30.3 Å². The van der Waals surface area contributed by atoms with Crippen LogP contribution in [0.1, 0.15) is 30.1 Å². The highest BCUT2D eigenvalue weighted by Gasteiger charge is 2.21. The molecule has 0 radical (unpaired) electrons. The van der Waals surface area contributed by atoms with Crippen LogP contribution in [0.5, 0.6) is 0 Å². The summed E-state index contributed by atoms with van der Waals surface area (Å²) in [6.45, 7) is 8.61. The molecular weight excluding hydrogens is 272 g/mol. The molecule has 118 valence electrons. The summed E-state index contributed by atoms with van der Waals surface area (Å²) in [5.41, 5.74) is 1.44. The molecule has 0 amide bonds. The molecule has 0 bridgehead atoms. The molecule has 2 heterocycles. The average Bonchev–Trinajstić information content (AvgIpc) is 2.84. The van der Waals surface area contributed by atoms with Crippen LogP contribution in [0.2, 0.25) is 0 Å². The van der Waals surface area contributed by atoms with E-state index < -0.39 is 0 Å². The van der Waals surface area contributed by atoms with Crippen LogP contribution < -0.4 is 0 Å². The summed E-state index contributed by atoms with van der Waals surface area (Å²) in [5, 5.41) is 4.51. The van der Waals surface area contributed by atoms with Gasteiger partial charge in [0.1, 0.15) is 11.6 Å². The first-order chi connectivity index (χ1) is 10.7. The molecule has 22 heavy (non-hydrogen) atoms. The number of rotatable bonds is 5. The Morgan fingerprint density at radius 2 is 2.00 bits per heavy atom. The van der Waals surface area contributed by atoms with Crippen molar-refractivity contribution in [3.8, 4) is 0 Å². The van der Waals surface area contributed by atoms with Crippen molar-refractivity contribution in [2.75, 3.05) is 19.6 Å². The smallest absolute Gasteiger partial charge is 0.147 e. The second-order valence-electron chi connectivity index (χ2n) is 6.43. The molecule has 4 heteroatoms. The molecule has 0 spiro atoms. The standard InChI is InChI=1S/C18H26N4/c1-15-19-16(2)22(20-15)14-18-9-6-11-21(13-18)12-10-17-7-4-3-5-8-17/h3-5,7-8,18H,6,9-14H2,1-2H3/t18-/m0/s1. The highest BCUT2D eigenvalue weighted by atomic mass is 15.3. The van der Waals surface area contributed by atoms with Gasteiger partial charge in [0.15, 0.2) is 0 Å². The molecule has 0 N–H and O–H groups in total. The minimum atomic E-state index is 0.698. The number of aromatic nitrogens is 3. The summed E-state index contributed by atoms with van der Waals surface area (Å²) >= 11 is 0. The fourth-order valence-electron chi connectivity index (χ4n) is 3.41.